The molecule has 4 heterocycles. The number of benzene rings is 1. The molecule has 1 aromatic heterocycles. The predicted molar refractivity (Wildman–Crippen MR) is 126 cm³/mol. The van der Waals surface area contributed by atoms with Gasteiger partial charge in [0, 0.05) is 56.4 Å². The van der Waals surface area contributed by atoms with Crippen LogP contribution in [-0.2, 0) is 15.1 Å². The maximum atomic E-state index is 12.8. The summed E-state index contributed by atoms with van der Waals surface area (Å²) in [5.41, 5.74) is 2.48. The van der Waals surface area contributed by atoms with Crippen LogP contribution in [0.4, 0.5) is 5.69 Å². The van der Waals surface area contributed by atoms with Gasteiger partial charge in [0.15, 0.2) is 0 Å². The quantitative estimate of drug-likeness (QED) is 0.415. The number of aliphatic hydroxyl groups is 1. The Morgan fingerprint density at radius 1 is 1.06 bits per heavy atom. The number of carbonyl (C=O) groups excluding carboxylic acids is 2. The van der Waals surface area contributed by atoms with E-state index < -0.39 is 5.54 Å². The van der Waals surface area contributed by atoms with Crippen molar-refractivity contribution in [2.24, 2.45) is 0 Å². The number of pyridine rings is 1. The Labute approximate surface area is 198 Å². The first-order valence-corrected chi connectivity index (χ1v) is 11.6. The summed E-state index contributed by atoms with van der Waals surface area (Å²) in [6.45, 7) is 6.25. The Morgan fingerprint density at radius 3 is 2.50 bits per heavy atom. The highest BCUT2D eigenvalue weighted by atomic mass is 16.5. The lowest BCUT2D eigenvalue weighted by molar-refractivity contribution is -0.122. The summed E-state index contributed by atoms with van der Waals surface area (Å²) in [6.07, 6.45) is 5.28. The summed E-state index contributed by atoms with van der Waals surface area (Å²) in [5.74, 6) is -0.437. The molecule has 3 aliphatic rings. The van der Waals surface area contributed by atoms with Gasteiger partial charge in [-0.15, -0.1) is 0 Å². The van der Waals surface area contributed by atoms with Crippen LogP contribution in [0.15, 0.2) is 60.6 Å². The molecule has 5 rings (SSSR count). The van der Waals surface area contributed by atoms with Crippen LogP contribution in [0, 0.1) is 0 Å². The number of aliphatic hydroxyl groups excluding tert-OH is 1. The minimum atomic E-state index is -0.445. The number of nitrogens with zero attached hydrogens (tertiary/aromatic N) is 4. The normalized spacial score (nSPS) is 21.9. The number of hydrogen-bond donors (Lipinski definition) is 2. The maximum Gasteiger partial charge on any atom is 0.271 e. The molecule has 0 bridgehead atoms. The minimum Gasteiger partial charge on any atom is -0.394 e. The molecular formula is C25H29N5O4. The number of amides is 2. The van der Waals surface area contributed by atoms with Gasteiger partial charge in [-0.3, -0.25) is 19.5 Å². The van der Waals surface area contributed by atoms with Crippen LogP contribution < -0.4 is 10.2 Å². The van der Waals surface area contributed by atoms with Gasteiger partial charge in [-0.2, -0.15) is 0 Å². The number of piperazine rings is 1. The molecule has 2 N–H and O–H groups in total. The number of ether oxygens (including phenoxy) is 1. The molecule has 178 valence electrons. The fraction of sp³-hybridized carbons (Fsp3) is 0.400. The van der Waals surface area contributed by atoms with Crippen LogP contribution in [0.3, 0.4) is 0 Å². The van der Waals surface area contributed by atoms with Gasteiger partial charge in [-0.05, 0) is 48.0 Å². The Kier molecular flexibility index (Phi) is 6.32. The number of carbonyl (C=O) groups is 2. The van der Waals surface area contributed by atoms with Crippen molar-refractivity contribution in [1.82, 2.24) is 20.1 Å². The minimum absolute atomic E-state index is 0.0561. The molecule has 1 atom stereocenters. The highest BCUT2D eigenvalue weighted by molar-refractivity contribution is 6.06. The van der Waals surface area contributed by atoms with Gasteiger partial charge < -0.3 is 25.0 Å². The van der Waals surface area contributed by atoms with Gasteiger partial charge in [0.2, 0.25) is 0 Å². The molecule has 3 aliphatic heterocycles. The van der Waals surface area contributed by atoms with Crippen molar-refractivity contribution in [1.29, 1.82) is 0 Å². The van der Waals surface area contributed by atoms with Crippen molar-refractivity contribution in [3.05, 3.63) is 71.7 Å². The van der Waals surface area contributed by atoms with Crippen molar-refractivity contribution >= 4 is 17.5 Å². The molecule has 0 saturated carbocycles. The van der Waals surface area contributed by atoms with E-state index in [0.717, 1.165) is 44.0 Å². The third-order valence-corrected chi connectivity index (χ3v) is 6.72. The van der Waals surface area contributed by atoms with E-state index in [1.165, 1.54) is 0 Å². The van der Waals surface area contributed by atoms with Crippen molar-refractivity contribution in [3.8, 4) is 0 Å². The molecule has 9 heteroatoms. The summed E-state index contributed by atoms with van der Waals surface area (Å²) in [6, 6.07) is 11.3. The molecular weight excluding hydrogens is 434 g/mol. The lowest BCUT2D eigenvalue weighted by Crippen LogP contribution is -2.47. The second-order valence-corrected chi connectivity index (χ2v) is 8.78. The highest BCUT2D eigenvalue weighted by Crippen LogP contribution is 2.49. The maximum absolute atomic E-state index is 12.8. The average molecular weight is 464 g/mol. The molecule has 9 nitrogen and oxygen atoms in total. The summed E-state index contributed by atoms with van der Waals surface area (Å²) < 4.78 is 5.35. The number of hydrogen-bond acceptors (Lipinski definition) is 7. The van der Waals surface area contributed by atoms with Gasteiger partial charge in [0.25, 0.3) is 11.8 Å². The van der Waals surface area contributed by atoms with E-state index in [1.807, 2.05) is 30.3 Å². The Bertz CT molecular complexity index is 1070. The number of aromatic nitrogens is 1. The average Bonchev–Trinajstić information content (AvgIpc) is 3.55. The van der Waals surface area contributed by atoms with Crippen molar-refractivity contribution in [2.45, 2.75) is 5.54 Å². The molecule has 34 heavy (non-hydrogen) atoms. The lowest BCUT2D eigenvalue weighted by Gasteiger charge is -2.36. The predicted octanol–water partition coefficient (Wildman–Crippen LogP) is 0.578. The van der Waals surface area contributed by atoms with Gasteiger partial charge in [0.1, 0.15) is 11.2 Å². The Morgan fingerprint density at radius 2 is 1.79 bits per heavy atom. The summed E-state index contributed by atoms with van der Waals surface area (Å²) in [7, 11) is 0. The largest absolute Gasteiger partial charge is 0.394 e. The molecule has 2 aromatic rings. The van der Waals surface area contributed by atoms with E-state index in [9.17, 15) is 9.59 Å². The zero-order valence-corrected chi connectivity index (χ0v) is 19.0. The highest BCUT2D eigenvalue weighted by Gasteiger charge is 2.60. The lowest BCUT2D eigenvalue weighted by atomic mass is 10.0. The van der Waals surface area contributed by atoms with Crippen LogP contribution in [0.25, 0.3) is 0 Å². The van der Waals surface area contributed by atoms with E-state index in [4.69, 9.17) is 9.84 Å². The van der Waals surface area contributed by atoms with Gasteiger partial charge in [-0.1, -0.05) is 0 Å². The second-order valence-electron chi connectivity index (χ2n) is 8.78. The van der Waals surface area contributed by atoms with Crippen LogP contribution >= 0.6 is 0 Å². The summed E-state index contributed by atoms with van der Waals surface area (Å²) in [4.78, 5) is 35.9. The first kappa shape index (κ1) is 22.5. The SMILES string of the molecule is O=C(NC1=CC2(c3ccncc3)CN2C1=O)c1ccc(N2CCN(CCOCCO)CC2)cc1. The monoisotopic (exact) mass is 463 g/mol. The summed E-state index contributed by atoms with van der Waals surface area (Å²) >= 11 is 0. The standard InChI is InChI=1S/C25H29N5O4/c31-14-16-34-15-13-28-9-11-29(12-10-28)21-3-1-19(2-4-21)23(32)27-22-17-25(18-30(25)24(22)33)20-5-7-26-8-6-20/h1-8,17,31H,9-16,18H2,(H,27,32). The third-order valence-electron chi connectivity index (χ3n) is 6.72. The number of fused-ring (bicyclic) bond motifs is 1. The van der Waals surface area contributed by atoms with Crippen molar-refractivity contribution in [2.75, 3.05) is 64.0 Å². The first-order valence-electron chi connectivity index (χ1n) is 11.6. The van der Waals surface area contributed by atoms with Crippen molar-refractivity contribution < 1.29 is 19.4 Å². The second kappa shape index (κ2) is 9.54. The fourth-order valence-electron chi connectivity index (χ4n) is 4.70. The molecule has 0 spiro atoms. The van der Waals surface area contributed by atoms with Crippen LogP contribution in [0.1, 0.15) is 15.9 Å². The first-order chi connectivity index (χ1) is 16.6. The zero-order chi connectivity index (χ0) is 23.5. The van der Waals surface area contributed by atoms with Gasteiger partial charge in [-0.25, -0.2) is 0 Å². The molecule has 2 amide bonds. The molecule has 2 saturated heterocycles. The molecule has 1 unspecified atom stereocenters. The van der Waals surface area contributed by atoms with E-state index >= 15 is 0 Å². The number of anilines is 1. The molecule has 1 aromatic carbocycles. The van der Waals surface area contributed by atoms with Crippen molar-refractivity contribution in [3.63, 3.8) is 0 Å². The van der Waals surface area contributed by atoms with E-state index in [1.54, 1.807) is 29.4 Å². The van der Waals surface area contributed by atoms with E-state index in [0.29, 0.717) is 31.0 Å². The Hall–Kier alpha value is -3.27. The summed E-state index contributed by atoms with van der Waals surface area (Å²) in [5, 5.41) is 11.6. The van der Waals surface area contributed by atoms with Crippen LogP contribution in [-0.4, -0.2) is 90.8 Å². The van der Waals surface area contributed by atoms with Crippen LogP contribution in [0.2, 0.25) is 0 Å². The zero-order valence-electron chi connectivity index (χ0n) is 19.0. The van der Waals surface area contributed by atoms with E-state index in [-0.39, 0.29) is 18.4 Å². The molecule has 0 radical (unpaired) electrons. The van der Waals surface area contributed by atoms with Gasteiger partial charge >= 0.3 is 0 Å². The number of nitrogens with one attached hydrogen (secondary N) is 1. The van der Waals surface area contributed by atoms with Gasteiger partial charge in [0.05, 0.1) is 26.4 Å². The fourth-order valence-corrected chi connectivity index (χ4v) is 4.70. The Balaban J connectivity index is 1.15. The number of rotatable bonds is 9. The third kappa shape index (κ3) is 4.42. The van der Waals surface area contributed by atoms with E-state index in [2.05, 4.69) is 20.1 Å². The van der Waals surface area contributed by atoms with Crippen LogP contribution in [0.5, 0.6) is 0 Å². The molecule has 0 aliphatic carbocycles. The molecule has 2 fully saturated rings. The topological polar surface area (TPSA) is 98.0 Å². The smallest absolute Gasteiger partial charge is 0.271 e.